The van der Waals surface area contributed by atoms with Crippen LogP contribution in [0.4, 0.5) is 10.1 Å². The number of hydrogen-bond donors (Lipinski definition) is 0. The molecule has 2 rings (SSSR count). The fourth-order valence-corrected chi connectivity index (χ4v) is 1.65. The monoisotopic (exact) mass is 260 g/mol. The van der Waals surface area contributed by atoms with Crippen LogP contribution in [-0.4, -0.2) is 25.0 Å². The van der Waals surface area contributed by atoms with E-state index in [4.69, 9.17) is 4.74 Å². The summed E-state index contributed by atoms with van der Waals surface area (Å²) in [5.74, 6) is -0.264. The van der Waals surface area contributed by atoms with Crippen molar-refractivity contribution in [3.8, 4) is 5.75 Å². The molecule has 0 aliphatic rings. The van der Waals surface area contributed by atoms with Crippen LogP contribution in [0.2, 0.25) is 0 Å². The minimum Gasteiger partial charge on any atom is -0.497 e. The molecule has 19 heavy (non-hydrogen) atoms. The number of pyridine rings is 1. The Morgan fingerprint density at radius 3 is 2.53 bits per heavy atom. The van der Waals surface area contributed by atoms with Crippen molar-refractivity contribution in [2.24, 2.45) is 0 Å². The molecule has 2 aromatic rings. The number of anilines is 1. The van der Waals surface area contributed by atoms with Crippen LogP contribution < -0.4 is 9.64 Å². The van der Waals surface area contributed by atoms with Crippen LogP contribution in [0.5, 0.6) is 5.75 Å². The molecule has 0 radical (unpaired) electrons. The molecular weight excluding hydrogens is 247 g/mol. The summed E-state index contributed by atoms with van der Waals surface area (Å²) in [4.78, 5) is 17.0. The molecule has 98 valence electrons. The van der Waals surface area contributed by atoms with Crippen LogP contribution in [0.1, 0.15) is 10.4 Å². The molecule has 0 atom stereocenters. The summed E-state index contributed by atoms with van der Waals surface area (Å²) in [5, 5.41) is 0. The highest BCUT2D eigenvalue weighted by Crippen LogP contribution is 2.19. The molecule has 1 amide bonds. The van der Waals surface area contributed by atoms with Crippen LogP contribution in [0.15, 0.2) is 42.6 Å². The Labute approximate surface area is 110 Å². The molecule has 4 nitrogen and oxygen atoms in total. The van der Waals surface area contributed by atoms with Crippen LogP contribution in [0.25, 0.3) is 0 Å². The zero-order chi connectivity index (χ0) is 13.8. The summed E-state index contributed by atoms with van der Waals surface area (Å²) < 4.78 is 18.0. The fourth-order valence-electron chi connectivity index (χ4n) is 1.65. The first kappa shape index (κ1) is 13.0. The molecule has 1 aromatic carbocycles. The Hall–Kier alpha value is -2.43. The van der Waals surface area contributed by atoms with Crippen molar-refractivity contribution in [1.29, 1.82) is 0 Å². The number of halogens is 1. The molecule has 0 saturated carbocycles. The number of amides is 1. The number of nitrogens with zero attached hydrogens (tertiary/aromatic N) is 2. The number of ether oxygens (including phenoxy) is 1. The molecule has 0 unspecified atom stereocenters. The van der Waals surface area contributed by atoms with Gasteiger partial charge in [-0.05, 0) is 30.3 Å². The zero-order valence-electron chi connectivity index (χ0n) is 10.6. The first-order valence-electron chi connectivity index (χ1n) is 5.65. The van der Waals surface area contributed by atoms with E-state index in [-0.39, 0.29) is 11.5 Å². The van der Waals surface area contributed by atoms with Crippen LogP contribution >= 0.6 is 0 Å². The maximum Gasteiger partial charge on any atom is 0.258 e. The van der Waals surface area contributed by atoms with Crippen molar-refractivity contribution >= 4 is 11.6 Å². The van der Waals surface area contributed by atoms with E-state index in [1.54, 1.807) is 38.4 Å². The summed E-state index contributed by atoms with van der Waals surface area (Å²) in [6.07, 6.45) is 1.27. The van der Waals surface area contributed by atoms with Gasteiger partial charge in [0.05, 0.1) is 7.11 Å². The SMILES string of the molecule is COc1ccc(N(C)C(=O)c2ccnc(F)c2)cc1. The van der Waals surface area contributed by atoms with Gasteiger partial charge in [-0.15, -0.1) is 0 Å². The first-order valence-corrected chi connectivity index (χ1v) is 5.65. The van der Waals surface area contributed by atoms with Crippen molar-refractivity contribution in [2.75, 3.05) is 19.1 Å². The molecule has 1 heterocycles. The second-order valence-electron chi connectivity index (χ2n) is 3.93. The predicted molar refractivity (Wildman–Crippen MR) is 69.9 cm³/mol. The molecule has 0 N–H and O–H groups in total. The lowest BCUT2D eigenvalue weighted by Gasteiger charge is -2.17. The molecular formula is C14H13FN2O2. The molecule has 0 bridgehead atoms. The number of carbonyl (C=O) groups is 1. The smallest absolute Gasteiger partial charge is 0.258 e. The van der Waals surface area contributed by atoms with Crippen molar-refractivity contribution in [3.63, 3.8) is 0 Å². The number of carbonyl (C=O) groups excluding carboxylic acids is 1. The van der Waals surface area contributed by atoms with E-state index in [0.29, 0.717) is 11.4 Å². The predicted octanol–water partition coefficient (Wildman–Crippen LogP) is 2.51. The third-order valence-electron chi connectivity index (χ3n) is 2.74. The van der Waals surface area contributed by atoms with Gasteiger partial charge in [0.25, 0.3) is 5.91 Å². The molecule has 5 heteroatoms. The minimum absolute atomic E-state index is 0.255. The normalized spacial score (nSPS) is 10.1. The highest BCUT2D eigenvalue weighted by Gasteiger charge is 2.14. The van der Waals surface area contributed by atoms with E-state index >= 15 is 0 Å². The second kappa shape index (κ2) is 5.48. The Bertz CT molecular complexity index is 584. The maximum absolute atomic E-state index is 13.0. The van der Waals surface area contributed by atoms with Gasteiger partial charge in [-0.25, -0.2) is 4.98 Å². The summed E-state index contributed by atoms with van der Waals surface area (Å²) in [6.45, 7) is 0. The highest BCUT2D eigenvalue weighted by molar-refractivity contribution is 6.05. The number of hydrogen-bond acceptors (Lipinski definition) is 3. The van der Waals surface area contributed by atoms with Crippen LogP contribution in [0.3, 0.4) is 0 Å². The van der Waals surface area contributed by atoms with Gasteiger partial charge < -0.3 is 9.64 Å². The van der Waals surface area contributed by atoms with Crippen molar-refractivity contribution in [2.45, 2.75) is 0 Å². The maximum atomic E-state index is 13.0. The zero-order valence-corrected chi connectivity index (χ0v) is 10.6. The lowest BCUT2D eigenvalue weighted by molar-refractivity contribution is 0.0992. The summed E-state index contributed by atoms with van der Waals surface area (Å²) >= 11 is 0. The summed E-state index contributed by atoms with van der Waals surface area (Å²) in [5.41, 5.74) is 0.953. The average Bonchev–Trinajstić information content (AvgIpc) is 2.46. The van der Waals surface area contributed by atoms with Crippen molar-refractivity contribution < 1.29 is 13.9 Å². The number of rotatable bonds is 3. The van der Waals surface area contributed by atoms with Gasteiger partial charge in [0.1, 0.15) is 5.75 Å². The summed E-state index contributed by atoms with van der Waals surface area (Å²) in [7, 11) is 3.20. The van der Waals surface area contributed by atoms with E-state index in [2.05, 4.69) is 4.98 Å². The minimum atomic E-state index is -0.672. The quantitative estimate of drug-likeness (QED) is 0.796. The molecule has 0 aliphatic heterocycles. The van der Waals surface area contributed by atoms with Gasteiger partial charge in [0.2, 0.25) is 5.95 Å². The first-order chi connectivity index (χ1) is 9.11. The van der Waals surface area contributed by atoms with Gasteiger partial charge >= 0.3 is 0 Å². The largest absolute Gasteiger partial charge is 0.497 e. The Kier molecular flexibility index (Phi) is 3.75. The van der Waals surface area contributed by atoms with Crippen LogP contribution in [-0.2, 0) is 0 Å². The van der Waals surface area contributed by atoms with E-state index in [1.165, 1.54) is 17.2 Å². The topological polar surface area (TPSA) is 42.4 Å². The fraction of sp³-hybridized carbons (Fsp3) is 0.143. The number of benzene rings is 1. The van der Waals surface area contributed by atoms with Gasteiger partial charge in [-0.1, -0.05) is 0 Å². The third-order valence-corrected chi connectivity index (χ3v) is 2.74. The van der Waals surface area contributed by atoms with Gasteiger partial charge in [0.15, 0.2) is 0 Å². The summed E-state index contributed by atoms with van der Waals surface area (Å²) in [6, 6.07) is 9.62. The van der Waals surface area contributed by atoms with Crippen LogP contribution in [0, 0.1) is 5.95 Å². The highest BCUT2D eigenvalue weighted by atomic mass is 19.1. The van der Waals surface area contributed by atoms with E-state index < -0.39 is 5.95 Å². The molecule has 1 aromatic heterocycles. The van der Waals surface area contributed by atoms with Crippen molar-refractivity contribution in [1.82, 2.24) is 4.98 Å². The lowest BCUT2D eigenvalue weighted by Crippen LogP contribution is -2.26. The Morgan fingerprint density at radius 1 is 1.26 bits per heavy atom. The van der Waals surface area contributed by atoms with Gasteiger partial charge in [-0.3, -0.25) is 4.79 Å². The molecule has 0 spiro atoms. The number of methoxy groups -OCH3 is 1. The van der Waals surface area contributed by atoms with E-state index in [9.17, 15) is 9.18 Å². The second-order valence-corrected chi connectivity index (χ2v) is 3.93. The molecule has 0 aliphatic carbocycles. The molecule has 0 saturated heterocycles. The lowest BCUT2D eigenvalue weighted by atomic mass is 10.2. The van der Waals surface area contributed by atoms with Gasteiger partial charge in [0, 0.05) is 30.6 Å². The Balaban J connectivity index is 2.23. The average molecular weight is 260 g/mol. The number of aromatic nitrogens is 1. The van der Waals surface area contributed by atoms with E-state index in [0.717, 1.165) is 6.07 Å². The standard InChI is InChI=1S/C14H13FN2O2/c1-17(11-3-5-12(19-2)6-4-11)14(18)10-7-8-16-13(15)9-10/h3-9H,1-2H3. The van der Waals surface area contributed by atoms with Gasteiger partial charge in [-0.2, -0.15) is 4.39 Å². The third kappa shape index (κ3) is 2.88. The Morgan fingerprint density at radius 2 is 1.95 bits per heavy atom. The van der Waals surface area contributed by atoms with E-state index in [1.807, 2.05) is 0 Å². The molecule has 0 fully saturated rings. The van der Waals surface area contributed by atoms with Crippen molar-refractivity contribution in [3.05, 3.63) is 54.1 Å².